The third-order valence-electron chi connectivity index (χ3n) is 4.24. The predicted molar refractivity (Wildman–Crippen MR) is 92.7 cm³/mol. The van der Waals surface area contributed by atoms with Gasteiger partial charge < -0.3 is 5.11 Å². The van der Waals surface area contributed by atoms with Gasteiger partial charge in [0.2, 0.25) is 0 Å². The molecule has 5 heteroatoms. The molecule has 2 atom stereocenters. The minimum Gasteiger partial charge on any atom is -0.392 e. The van der Waals surface area contributed by atoms with Crippen molar-refractivity contribution in [2.45, 2.75) is 109 Å². The fourth-order valence-electron chi connectivity index (χ4n) is 2.85. The first-order valence-electron chi connectivity index (χ1n) is 9.07. The van der Waals surface area contributed by atoms with E-state index in [1.807, 2.05) is 6.92 Å². The van der Waals surface area contributed by atoms with E-state index in [1.54, 1.807) is 0 Å². The maximum atomic E-state index is 11.2. The molecule has 0 amide bonds. The monoisotopic (exact) mass is 336 g/mol. The molecule has 0 aliphatic carbocycles. The number of hydrogen-bond donors (Lipinski definition) is 2. The molecule has 0 radical (unpaired) electrons. The molecular weight excluding hydrogens is 300 g/mol. The van der Waals surface area contributed by atoms with Crippen molar-refractivity contribution in [2.75, 3.05) is 0 Å². The lowest BCUT2D eigenvalue weighted by molar-refractivity contribution is 0.147. The molecule has 0 saturated heterocycles. The summed E-state index contributed by atoms with van der Waals surface area (Å²) in [7, 11) is -4.14. The normalized spacial score (nSPS) is 14.9. The quantitative estimate of drug-likeness (QED) is 0.335. The van der Waals surface area contributed by atoms with Gasteiger partial charge in [-0.1, -0.05) is 84.5 Å². The van der Waals surface area contributed by atoms with Crippen molar-refractivity contribution in [2.24, 2.45) is 0 Å². The highest BCUT2D eigenvalue weighted by Crippen LogP contribution is 2.18. The van der Waals surface area contributed by atoms with E-state index >= 15 is 0 Å². The Morgan fingerprint density at radius 1 is 0.727 bits per heavy atom. The van der Waals surface area contributed by atoms with Gasteiger partial charge in [-0.25, -0.2) is 0 Å². The zero-order chi connectivity index (χ0) is 16.8. The summed E-state index contributed by atoms with van der Waals surface area (Å²) in [6.45, 7) is 4.08. The number of aliphatic hydroxyl groups excluding tert-OH is 1. The summed E-state index contributed by atoms with van der Waals surface area (Å²) in [5, 5.41) is 8.94. The van der Waals surface area contributed by atoms with Gasteiger partial charge in [0.15, 0.2) is 0 Å². The highest BCUT2D eigenvalue weighted by Gasteiger charge is 2.29. The first-order chi connectivity index (χ1) is 10.4. The molecule has 0 fully saturated rings. The average Bonchev–Trinajstić information content (AvgIpc) is 2.45. The minimum atomic E-state index is -4.14. The molecule has 0 saturated carbocycles. The SMILES string of the molecule is CCCCCCCCCCCCC(O)C(CCC)S(=O)(=O)O. The van der Waals surface area contributed by atoms with Crippen LogP contribution in [0.2, 0.25) is 0 Å². The van der Waals surface area contributed by atoms with Crippen molar-refractivity contribution in [3.63, 3.8) is 0 Å². The van der Waals surface area contributed by atoms with Crippen LogP contribution in [-0.4, -0.2) is 29.4 Å². The van der Waals surface area contributed by atoms with Crippen molar-refractivity contribution in [3.05, 3.63) is 0 Å². The maximum Gasteiger partial charge on any atom is 0.270 e. The molecule has 0 heterocycles. The number of unbranched alkanes of at least 4 members (excludes halogenated alkanes) is 9. The van der Waals surface area contributed by atoms with Gasteiger partial charge in [-0.15, -0.1) is 0 Å². The van der Waals surface area contributed by atoms with Crippen LogP contribution in [0.15, 0.2) is 0 Å². The fraction of sp³-hybridized carbons (Fsp3) is 1.00. The molecule has 0 spiro atoms. The van der Waals surface area contributed by atoms with Crippen LogP contribution >= 0.6 is 0 Å². The molecule has 2 N–H and O–H groups in total. The summed E-state index contributed by atoms with van der Waals surface area (Å²) in [6.07, 6.45) is 12.6. The van der Waals surface area contributed by atoms with Gasteiger partial charge in [0.1, 0.15) is 5.25 Å². The predicted octanol–water partition coefficient (Wildman–Crippen LogP) is 4.71. The number of rotatable bonds is 15. The second kappa shape index (κ2) is 13.3. The Morgan fingerprint density at radius 2 is 1.18 bits per heavy atom. The van der Waals surface area contributed by atoms with Crippen LogP contribution in [0.3, 0.4) is 0 Å². The third-order valence-corrected chi connectivity index (χ3v) is 5.55. The smallest absolute Gasteiger partial charge is 0.270 e. The summed E-state index contributed by atoms with van der Waals surface area (Å²) in [6, 6.07) is 0. The zero-order valence-corrected chi connectivity index (χ0v) is 15.3. The Morgan fingerprint density at radius 3 is 1.59 bits per heavy atom. The summed E-state index contributed by atoms with van der Waals surface area (Å²) >= 11 is 0. The van der Waals surface area contributed by atoms with Gasteiger partial charge in [0.05, 0.1) is 6.10 Å². The zero-order valence-electron chi connectivity index (χ0n) is 14.5. The van der Waals surface area contributed by atoms with Gasteiger partial charge >= 0.3 is 0 Å². The van der Waals surface area contributed by atoms with Crippen LogP contribution in [-0.2, 0) is 10.1 Å². The van der Waals surface area contributed by atoms with E-state index in [1.165, 1.54) is 44.9 Å². The van der Waals surface area contributed by atoms with E-state index in [0.29, 0.717) is 19.3 Å². The van der Waals surface area contributed by atoms with Crippen LogP contribution < -0.4 is 0 Å². The second-order valence-electron chi connectivity index (χ2n) is 6.38. The Kier molecular flexibility index (Phi) is 13.2. The van der Waals surface area contributed by atoms with Crippen LogP contribution in [0.1, 0.15) is 97.3 Å². The highest BCUT2D eigenvalue weighted by atomic mass is 32.2. The number of hydrogen-bond acceptors (Lipinski definition) is 3. The molecule has 0 bridgehead atoms. The summed E-state index contributed by atoms with van der Waals surface area (Å²) in [5.41, 5.74) is 0. The lowest BCUT2D eigenvalue weighted by Gasteiger charge is -2.19. The fourth-order valence-corrected chi connectivity index (χ4v) is 3.92. The maximum absolute atomic E-state index is 11.2. The number of aliphatic hydroxyl groups is 1. The average molecular weight is 337 g/mol. The van der Waals surface area contributed by atoms with Crippen molar-refractivity contribution in [1.29, 1.82) is 0 Å². The molecule has 0 aromatic heterocycles. The van der Waals surface area contributed by atoms with Crippen molar-refractivity contribution in [1.82, 2.24) is 0 Å². The molecule has 0 rings (SSSR count). The molecule has 0 aromatic carbocycles. The lowest BCUT2D eigenvalue weighted by Crippen LogP contribution is -2.33. The Hall–Kier alpha value is -0.130. The van der Waals surface area contributed by atoms with E-state index in [2.05, 4.69) is 6.92 Å². The van der Waals surface area contributed by atoms with Crippen molar-refractivity contribution in [3.8, 4) is 0 Å². The van der Waals surface area contributed by atoms with E-state index in [0.717, 1.165) is 19.3 Å². The largest absolute Gasteiger partial charge is 0.392 e. The molecule has 134 valence electrons. The molecule has 0 aromatic rings. The molecular formula is C17H36O4S. The Balaban J connectivity index is 3.65. The topological polar surface area (TPSA) is 74.6 Å². The molecule has 0 aliphatic rings. The van der Waals surface area contributed by atoms with Crippen molar-refractivity contribution < 1.29 is 18.1 Å². The first-order valence-corrected chi connectivity index (χ1v) is 10.6. The van der Waals surface area contributed by atoms with Gasteiger partial charge in [0, 0.05) is 0 Å². The summed E-state index contributed by atoms with van der Waals surface area (Å²) in [4.78, 5) is 0. The molecule has 0 aliphatic heterocycles. The minimum absolute atomic E-state index is 0.317. The molecule has 22 heavy (non-hydrogen) atoms. The van der Waals surface area contributed by atoms with E-state index in [4.69, 9.17) is 4.55 Å². The van der Waals surface area contributed by atoms with Gasteiger partial charge in [-0.05, 0) is 12.8 Å². The highest BCUT2D eigenvalue weighted by molar-refractivity contribution is 7.86. The Labute approximate surface area is 137 Å². The standard InChI is InChI=1S/C17H36O4S/c1-3-5-6-7-8-9-10-11-12-13-15-16(18)17(14-4-2)22(19,20)21/h16-18H,3-15H2,1-2H3,(H,19,20,21). The van der Waals surface area contributed by atoms with Gasteiger partial charge in [-0.3, -0.25) is 4.55 Å². The second-order valence-corrected chi connectivity index (χ2v) is 8.02. The third kappa shape index (κ3) is 11.4. The van der Waals surface area contributed by atoms with Crippen LogP contribution in [0, 0.1) is 0 Å². The molecule has 2 unspecified atom stereocenters. The van der Waals surface area contributed by atoms with E-state index in [-0.39, 0.29) is 0 Å². The van der Waals surface area contributed by atoms with Crippen LogP contribution in [0.4, 0.5) is 0 Å². The van der Waals surface area contributed by atoms with E-state index < -0.39 is 21.5 Å². The van der Waals surface area contributed by atoms with E-state index in [9.17, 15) is 13.5 Å². The van der Waals surface area contributed by atoms with Crippen LogP contribution in [0.5, 0.6) is 0 Å². The molecule has 4 nitrogen and oxygen atoms in total. The lowest BCUT2D eigenvalue weighted by atomic mass is 10.0. The summed E-state index contributed by atoms with van der Waals surface area (Å²) in [5.74, 6) is 0. The van der Waals surface area contributed by atoms with Crippen molar-refractivity contribution >= 4 is 10.1 Å². The van der Waals surface area contributed by atoms with Gasteiger partial charge in [0.25, 0.3) is 10.1 Å². The summed E-state index contributed by atoms with van der Waals surface area (Å²) < 4.78 is 31.6. The van der Waals surface area contributed by atoms with Crippen LogP contribution in [0.25, 0.3) is 0 Å². The Bertz CT molecular complexity index is 341. The van der Waals surface area contributed by atoms with Gasteiger partial charge in [-0.2, -0.15) is 8.42 Å². The first kappa shape index (κ1) is 21.9.